The first-order chi connectivity index (χ1) is 16.7. The van der Waals surface area contributed by atoms with Crippen LogP contribution in [0.15, 0.2) is 65.8 Å². The number of pyridine rings is 1. The summed E-state index contributed by atoms with van der Waals surface area (Å²) in [6.45, 7) is 6.14. The second-order valence-corrected chi connectivity index (χ2v) is 7.96. The number of benzene rings is 2. The van der Waals surface area contributed by atoms with E-state index in [2.05, 4.69) is 41.5 Å². The van der Waals surface area contributed by atoms with Crippen LogP contribution in [0, 0.1) is 6.92 Å². The van der Waals surface area contributed by atoms with E-state index in [0.717, 1.165) is 40.4 Å². The summed E-state index contributed by atoms with van der Waals surface area (Å²) in [6, 6.07) is 18.2. The first-order valence-electron chi connectivity index (χ1n) is 11.5. The Balaban J connectivity index is 1.26. The zero-order valence-electron chi connectivity index (χ0n) is 19.8. The Morgan fingerprint density at radius 2 is 1.59 bits per heavy atom. The normalized spacial score (nSPS) is 12.6. The lowest BCUT2D eigenvalue weighted by atomic mass is 10.0. The van der Waals surface area contributed by atoms with Crippen molar-refractivity contribution in [2.75, 3.05) is 53.2 Å². The highest BCUT2D eigenvalue weighted by Crippen LogP contribution is 2.32. The van der Waals surface area contributed by atoms with Gasteiger partial charge in [0.25, 0.3) is 0 Å². The maximum atomic E-state index is 5.88. The largest absolute Gasteiger partial charge is 0.485 e. The standard InChI is InChI=1S/C27H31N3O4/c1-20-3-9-26-24(17-20)30-25(19-34-26)22-6-4-21(5-7-22)23-8-10-27(29-18-23)33-16-15-32-14-13-31-12-11-28-2/h3-10,17-18,28H,11-16,19H2,1-2H3. The van der Waals surface area contributed by atoms with Crippen LogP contribution in [0.3, 0.4) is 0 Å². The molecular formula is C27H31N3O4. The molecule has 178 valence electrons. The predicted molar refractivity (Wildman–Crippen MR) is 134 cm³/mol. The Kier molecular flexibility index (Phi) is 8.62. The molecule has 0 unspecified atom stereocenters. The maximum absolute atomic E-state index is 5.88. The number of aliphatic imine (C=N–C) groups is 1. The minimum Gasteiger partial charge on any atom is -0.485 e. The van der Waals surface area contributed by atoms with Gasteiger partial charge in [-0.1, -0.05) is 30.3 Å². The van der Waals surface area contributed by atoms with Crippen molar-refractivity contribution in [2.45, 2.75) is 6.92 Å². The van der Waals surface area contributed by atoms with Crippen LogP contribution in [0.2, 0.25) is 0 Å². The van der Waals surface area contributed by atoms with Crippen molar-refractivity contribution in [1.29, 1.82) is 0 Å². The van der Waals surface area contributed by atoms with Gasteiger partial charge in [-0.3, -0.25) is 0 Å². The molecule has 34 heavy (non-hydrogen) atoms. The second-order valence-electron chi connectivity index (χ2n) is 7.96. The minimum atomic E-state index is 0.449. The van der Waals surface area contributed by atoms with Crippen LogP contribution in [-0.2, 0) is 9.47 Å². The number of ether oxygens (including phenoxy) is 4. The van der Waals surface area contributed by atoms with E-state index in [1.54, 1.807) is 0 Å². The number of aromatic nitrogens is 1. The van der Waals surface area contributed by atoms with Gasteiger partial charge < -0.3 is 24.3 Å². The summed E-state index contributed by atoms with van der Waals surface area (Å²) in [5.74, 6) is 1.41. The van der Waals surface area contributed by atoms with E-state index in [1.807, 2.05) is 43.6 Å². The lowest BCUT2D eigenvalue weighted by molar-refractivity contribution is 0.0371. The van der Waals surface area contributed by atoms with Gasteiger partial charge in [-0.05, 0) is 48.9 Å². The molecule has 0 atom stereocenters. The average Bonchev–Trinajstić information content (AvgIpc) is 2.88. The molecule has 1 aromatic heterocycles. The number of likely N-dealkylation sites (N-methyl/N-ethyl adjacent to an activating group) is 1. The van der Waals surface area contributed by atoms with Gasteiger partial charge in [-0.15, -0.1) is 0 Å². The number of rotatable bonds is 12. The lowest BCUT2D eigenvalue weighted by Crippen LogP contribution is -2.17. The number of aryl methyl sites for hydroxylation is 1. The molecule has 2 aromatic carbocycles. The molecule has 0 amide bonds. The Morgan fingerprint density at radius 3 is 2.35 bits per heavy atom. The van der Waals surface area contributed by atoms with Crippen LogP contribution in [0.5, 0.6) is 11.6 Å². The summed E-state index contributed by atoms with van der Waals surface area (Å²) in [5.41, 5.74) is 6.14. The van der Waals surface area contributed by atoms with E-state index in [4.69, 9.17) is 23.9 Å². The molecule has 0 saturated heterocycles. The maximum Gasteiger partial charge on any atom is 0.213 e. The molecule has 0 bridgehead atoms. The van der Waals surface area contributed by atoms with Crippen LogP contribution >= 0.6 is 0 Å². The third kappa shape index (κ3) is 6.63. The third-order valence-electron chi connectivity index (χ3n) is 5.37. The zero-order valence-corrected chi connectivity index (χ0v) is 19.8. The van der Waals surface area contributed by atoms with Crippen molar-refractivity contribution >= 4 is 11.4 Å². The van der Waals surface area contributed by atoms with Gasteiger partial charge in [0.2, 0.25) is 5.88 Å². The third-order valence-corrected chi connectivity index (χ3v) is 5.37. The highest BCUT2D eigenvalue weighted by molar-refractivity contribution is 6.04. The molecule has 7 nitrogen and oxygen atoms in total. The quantitative estimate of drug-likeness (QED) is 0.408. The van der Waals surface area contributed by atoms with E-state index in [0.29, 0.717) is 45.5 Å². The van der Waals surface area contributed by atoms with Crippen LogP contribution in [-0.4, -0.2) is 63.9 Å². The molecule has 4 rings (SSSR count). The smallest absolute Gasteiger partial charge is 0.213 e. The van der Waals surface area contributed by atoms with Crippen LogP contribution < -0.4 is 14.8 Å². The molecule has 3 aromatic rings. The number of fused-ring (bicyclic) bond motifs is 1. The fourth-order valence-corrected chi connectivity index (χ4v) is 3.50. The Bertz CT molecular complexity index is 1080. The first kappa shape index (κ1) is 23.9. The summed E-state index contributed by atoms with van der Waals surface area (Å²) in [6.07, 6.45) is 1.82. The molecule has 1 N–H and O–H groups in total. The molecule has 1 aliphatic heterocycles. The van der Waals surface area contributed by atoms with Crippen molar-refractivity contribution in [3.63, 3.8) is 0 Å². The minimum absolute atomic E-state index is 0.449. The SMILES string of the molecule is CNCCOCCOCCOc1ccc(-c2ccc(C3=Nc4cc(C)ccc4OC3)cc2)cn1. The fourth-order valence-electron chi connectivity index (χ4n) is 3.50. The Morgan fingerprint density at radius 1 is 0.853 bits per heavy atom. The number of hydrogen-bond acceptors (Lipinski definition) is 7. The van der Waals surface area contributed by atoms with Crippen LogP contribution in [0.25, 0.3) is 11.1 Å². The van der Waals surface area contributed by atoms with Gasteiger partial charge in [0, 0.05) is 24.4 Å². The van der Waals surface area contributed by atoms with Gasteiger partial charge in [0.15, 0.2) is 0 Å². The fraction of sp³-hybridized carbons (Fsp3) is 0.333. The summed E-state index contributed by atoms with van der Waals surface area (Å²) < 4.78 is 22.4. The van der Waals surface area contributed by atoms with E-state index in [1.165, 1.54) is 5.56 Å². The van der Waals surface area contributed by atoms with Crippen LogP contribution in [0.4, 0.5) is 5.69 Å². The molecule has 0 radical (unpaired) electrons. The molecule has 0 fully saturated rings. The molecule has 0 spiro atoms. The van der Waals surface area contributed by atoms with Crippen molar-refractivity contribution < 1.29 is 18.9 Å². The highest BCUT2D eigenvalue weighted by atomic mass is 16.5. The first-order valence-corrected chi connectivity index (χ1v) is 11.5. The van der Waals surface area contributed by atoms with E-state index in [9.17, 15) is 0 Å². The van der Waals surface area contributed by atoms with Gasteiger partial charge in [-0.2, -0.15) is 0 Å². The average molecular weight is 462 g/mol. The number of hydrogen-bond donors (Lipinski definition) is 1. The molecule has 1 aliphatic rings. The van der Waals surface area contributed by atoms with E-state index < -0.39 is 0 Å². The van der Waals surface area contributed by atoms with Crippen molar-refractivity contribution in [3.8, 4) is 22.8 Å². The zero-order chi connectivity index (χ0) is 23.6. The Hall–Kier alpha value is -3.26. The van der Waals surface area contributed by atoms with Gasteiger partial charge >= 0.3 is 0 Å². The molecular weight excluding hydrogens is 430 g/mol. The second kappa shape index (κ2) is 12.3. The monoisotopic (exact) mass is 461 g/mol. The Labute approximate surface area is 200 Å². The summed E-state index contributed by atoms with van der Waals surface area (Å²) in [4.78, 5) is 9.21. The van der Waals surface area contributed by atoms with E-state index in [-0.39, 0.29) is 0 Å². The van der Waals surface area contributed by atoms with Gasteiger partial charge in [0.05, 0.1) is 32.1 Å². The molecule has 7 heteroatoms. The summed E-state index contributed by atoms with van der Waals surface area (Å²) >= 11 is 0. The van der Waals surface area contributed by atoms with Crippen molar-refractivity contribution in [3.05, 3.63) is 71.9 Å². The molecule has 2 heterocycles. The topological polar surface area (TPSA) is 74.2 Å². The van der Waals surface area contributed by atoms with Gasteiger partial charge in [0.1, 0.15) is 24.7 Å². The highest BCUT2D eigenvalue weighted by Gasteiger charge is 2.14. The van der Waals surface area contributed by atoms with Crippen molar-refractivity contribution in [2.24, 2.45) is 4.99 Å². The molecule has 0 aliphatic carbocycles. The lowest BCUT2D eigenvalue weighted by Gasteiger charge is -2.17. The summed E-state index contributed by atoms with van der Waals surface area (Å²) in [5, 5.41) is 3.03. The van der Waals surface area contributed by atoms with E-state index >= 15 is 0 Å². The number of nitrogens with one attached hydrogen (secondary N) is 1. The van der Waals surface area contributed by atoms with Crippen LogP contribution in [0.1, 0.15) is 11.1 Å². The molecule has 0 saturated carbocycles. The van der Waals surface area contributed by atoms with Gasteiger partial charge in [-0.25, -0.2) is 9.98 Å². The van der Waals surface area contributed by atoms with Crippen molar-refractivity contribution in [1.82, 2.24) is 10.3 Å². The predicted octanol–water partition coefficient (Wildman–Crippen LogP) is 4.20. The number of nitrogens with zero attached hydrogens (tertiary/aromatic N) is 2. The summed E-state index contributed by atoms with van der Waals surface area (Å²) in [7, 11) is 1.90.